The molecule has 0 aromatic heterocycles. The molecule has 2 nitrogen and oxygen atoms in total. The Morgan fingerprint density at radius 3 is 2.52 bits per heavy atom. The number of hydrogen-bond acceptors (Lipinski definition) is 2. The zero-order valence-corrected chi connectivity index (χ0v) is 13.0. The molecule has 2 rings (SSSR count). The first-order valence-electron chi connectivity index (χ1n) is 6.80. The molecule has 0 saturated carbocycles. The van der Waals surface area contributed by atoms with Gasteiger partial charge in [0.05, 0.1) is 6.54 Å². The minimum Gasteiger partial charge on any atom is -0.310 e. The first kappa shape index (κ1) is 16.7. The van der Waals surface area contributed by atoms with Gasteiger partial charge in [0.15, 0.2) is 0 Å². The fourth-order valence-corrected chi connectivity index (χ4v) is 2.87. The Bertz CT molecular complexity index is 471. The van der Waals surface area contributed by atoms with E-state index in [1.807, 2.05) is 0 Å². The van der Waals surface area contributed by atoms with Crippen LogP contribution in [-0.4, -0.2) is 36.8 Å². The molecule has 0 amide bonds. The van der Waals surface area contributed by atoms with E-state index in [0.717, 1.165) is 10.0 Å². The Morgan fingerprint density at radius 1 is 1.24 bits per heavy atom. The fraction of sp³-hybridized carbons (Fsp3) is 0.571. The van der Waals surface area contributed by atoms with Crippen LogP contribution in [0.5, 0.6) is 0 Å². The van der Waals surface area contributed by atoms with Gasteiger partial charge in [0.2, 0.25) is 0 Å². The lowest BCUT2D eigenvalue weighted by molar-refractivity contribution is -0.148. The van der Waals surface area contributed by atoms with E-state index in [-0.39, 0.29) is 11.9 Å². The zero-order valence-electron chi connectivity index (χ0n) is 11.4. The van der Waals surface area contributed by atoms with Gasteiger partial charge < -0.3 is 5.32 Å². The molecule has 21 heavy (non-hydrogen) atoms. The lowest BCUT2D eigenvalue weighted by Crippen LogP contribution is -2.45. The van der Waals surface area contributed by atoms with Gasteiger partial charge in [-0.3, -0.25) is 4.90 Å². The van der Waals surface area contributed by atoms with Gasteiger partial charge in [-0.2, -0.15) is 13.2 Å². The number of alkyl halides is 3. The minimum atomic E-state index is -4.13. The van der Waals surface area contributed by atoms with Crippen LogP contribution in [-0.2, 0) is 6.54 Å². The molecule has 1 aliphatic rings. The number of nitrogens with one attached hydrogen (secondary N) is 1. The van der Waals surface area contributed by atoms with Gasteiger partial charge in [-0.15, -0.1) is 0 Å². The minimum absolute atomic E-state index is 0.171. The molecule has 0 bridgehead atoms. The second-order valence-corrected chi connectivity index (χ2v) is 6.14. The summed E-state index contributed by atoms with van der Waals surface area (Å²) in [6, 6.07) is 4.65. The van der Waals surface area contributed by atoms with Gasteiger partial charge in [-0.05, 0) is 49.7 Å². The highest BCUT2D eigenvalue weighted by Gasteiger charge is 2.32. The van der Waals surface area contributed by atoms with Crippen molar-refractivity contribution in [3.8, 4) is 0 Å². The predicted molar refractivity (Wildman–Crippen MR) is 76.5 cm³/mol. The standard InChI is InChI=1S/C14H17BrF4N2/c15-13-2-1-11(16)7-10(13)8-20-12-3-5-21(6-4-12)9-14(17,18)19/h1-2,7,12,20H,3-6,8-9H2. The van der Waals surface area contributed by atoms with Crippen LogP contribution in [0.15, 0.2) is 22.7 Å². The van der Waals surface area contributed by atoms with E-state index in [0.29, 0.717) is 32.5 Å². The van der Waals surface area contributed by atoms with Gasteiger partial charge in [-0.1, -0.05) is 15.9 Å². The third-order valence-electron chi connectivity index (χ3n) is 3.58. The van der Waals surface area contributed by atoms with E-state index < -0.39 is 12.7 Å². The van der Waals surface area contributed by atoms with Crippen molar-refractivity contribution in [2.24, 2.45) is 0 Å². The third kappa shape index (κ3) is 5.56. The molecule has 118 valence electrons. The quantitative estimate of drug-likeness (QED) is 0.815. The number of hydrogen-bond donors (Lipinski definition) is 1. The highest BCUT2D eigenvalue weighted by molar-refractivity contribution is 9.10. The van der Waals surface area contributed by atoms with Crippen LogP contribution in [0.4, 0.5) is 17.6 Å². The van der Waals surface area contributed by atoms with Crippen molar-refractivity contribution >= 4 is 15.9 Å². The van der Waals surface area contributed by atoms with Gasteiger partial charge in [0.25, 0.3) is 0 Å². The monoisotopic (exact) mass is 368 g/mol. The Labute approximate surface area is 129 Å². The number of halogens is 5. The van der Waals surface area contributed by atoms with E-state index >= 15 is 0 Å². The van der Waals surface area contributed by atoms with Crippen LogP contribution in [0.1, 0.15) is 18.4 Å². The van der Waals surface area contributed by atoms with Crippen molar-refractivity contribution in [1.29, 1.82) is 0 Å². The summed E-state index contributed by atoms with van der Waals surface area (Å²) in [6.45, 7) is 0.528. The second-order valence-electron chi connectivity index (χ2n) is 5.28. The number of piperidine rings is 1. The van der Waals surface area contributed by atoms with E-state index in [1.165, 1.54) is 17.0 Å². The lowest BCUT2D eigenvalue weighted by atomic mass is 10.0. The Morgan fingerprint density at radius 2 is 1.90 bits per heavy atom. The summed E-state index contributed by atoms with van der Waals surface area (Å²) in [5.74, 6) is -0.296. The Kier molecular flexibility index (Phi) is 5.62. The SMILES string of the molecule is Fc1ccc(Br)c(CNC2CCN(CC(F)(F)F)CC2)c1. The van der Waals surface area contributed by atoms with Crippen LogP contribution in [0.25, 0.3) is 0 Å². The summed E-state index contributed by atoms with van der Waals surface area (Å²) in [4.78, 5) is 1.43. The van der Waals surface area contributed by atoms with Crippen LogP contribution in [0.3, 0.4) is 0 Å². The summed E-state index contributed by atoms with van der Waals surface area (Å²) in [5, 5.41) is 3.28. The number of rotatable bonds is 4. The van der Waals surface area contributed by atoms with Crippen molar-refractivity contribution in [2.75, 3.05) is 19.6 Å². The molecule has 1 N–H and O–H groups in total. The molecule has 0 aliphatic carbocycles. The van der Waals surface area contributed by atoms with E-state index in [9.17, 15) is 17.6 Å². The summed E-state index contributed by atoms with van der Waals surface area (Å²) in [7, 11) is 0. The van der Waals surface area contributed by atoms with Gasteiger partial charge in [0, 0.05) is 17.1 Å². The van der Waals surface area contributed by atoms with Crippen molar-refractivity contribution in [1.82, 2.24) is 10.2 Å². The smallest absolute Gasteiger partial charge is 0.310 e. The zero-order chi connectivity index (χ0) is 15.5. The first-order chi connectivity index (χ1) is 9.83. The van der Waals surface area contributed by atoms with Crippen LogP contribution >= 0.6 is 15.9 Å². The van der Waals surface area contributed by atoms with E-state index in [2.05, 4.69) is 21.2 Å². The summed E-state index contributed by atoms with van der Waals surface area (Å²) in [6.07, 6.45) is -2.79. The first-order valence-corrected chi connectivity index (χ1v) is 7.59. The predicted octanol–water partition coefficient (Wildman–Crippen LogP) is 3.70. The molecule has 1 aromatic carbocycles. The topological polar surface area (TPSA) is 15.3 Å². The van der Waals surface area contributed by atoms with Crippen LogP contribution in [0, 0.1) is 5.82 Å². The maximum Gasteiger partial charge on any atom is 0.401 e. The molecule has 7 heteroatoms. The van der Waals surface area contributed by atoms with E-state index in [1.54, 1.807) is 6.07 Å². The molecule has 1 aliphatic heterocycles. The summed E-state index contributed by atoms with van der Waals surface area (Å²) < 4.78 is 50.9. The van der Waals surface area contributed by atoms with Crippen molar-refractivity contribution in [2.45, 2.75) is 31.6 Å². The van der Waals surface area contributed by atoms with Gasteiger partial charge in [0.1, 0.15) is 5.82 Å². The number of likely N-dealkylation sites (tertiary alicyclic amines) is 1. The largest absolute Gasteiger partial charge is 0.401 e. The van der Waals surface area contributed by atoms with Crippen LogP contribution in [0.2, 0.25) is 0 Å². The lowest BCUT2D eigenvalue weighted by Gasteiger charge is -2.32. The molecule has 1 heterocycles. The Hall–Kier alpha value is -0.660. The van der Waals surface area contributed by atoms with Crippen molar-refractivity contribution in [3.63, 3.8) is 0 Å². The highest BCUT2D eigenvalue weighted by atomic mass is 79.9. The van der Waals surface area contributed by atoms with Crippen LogP contribution < -0.4 is 5.32 Å². The molecule has 0 spiro atoms. The van der Waals surface area contributed by atoms with Gasteiger partial charge >= 0.3 is 6.18 Å². The highest BCUT2D eigenvalue weighted by Crippen LogP contribution is 2.21. The molecule has 0 unspecified atom stereocenters. The molecule has 1 fully saturated rings. The molecular weight excluding hydrogens is 352 g/mol. The second kappa shape index (κ2) is 7.07. The average molecular weight is 369 g/mol. The number of benzene rings is 1. The van der Waals surface area contributed by atoms with Crippen molar-refractivity contribution < 1.29 is 17.6 Å². The van der Waals surface area contributed by atoms with E-state index in [4.69, 9.17) is 0 Å². The van der Waals surface area contributed by atoms with Gasteiger partial charge in [-0.25, -0.2) is 4.39 Å². The maximum absolute atomic E-state index is 13.2. The summed E-state index contributed by atoms with van der Waals surface area (Å²) >= 11 is 3.36. The average Bonchev–Trinajstić information content (AvgIpc) is 2.40. The number of nitrogens with zero attached hydrogens (tertiary/aromatic N) is 1. The molecular formula is C14H17BrF4N2. The normalized spacial score (nSPS) is 18.1. The molecule has 0 atom stereocenters. The molecule has 0 radical (unpaired) electrons. The Balaban J connectivity index is 1.77. The summed E-state index contributed by atoms with van der Waals surface area (Å²) in [5.41, 5.74) is 0.813. The van der Waals surface area contributed by atoms with Crippen molar-refractivity contribution in [3.05, 3.63) is 34.1 Å². The molecule has 1 saturated heterocycles. The third-order valence-corrected chi connectivity index (χ3v) is 4.35. The fourth-order valence-electron chi connectivity index (χ4n) is 2.48. The molecule has 1 aromatic rings. The maximum atomic E-state index is 13.2.